The Morgan fingerprint density at radius 2 is 1.87 bits per heavy atom. The minimum Gasteiger partial charge on any atom is -0.373 e. The summed E-state index contributed by atoms with van der Waals surface area (Å²) in [4.78, 5) is 15.3. The highest BCUT2D eigenvalue weighted by Gasteiger charge is 2.49. The summed E-state index contributed by atoms with van der Waals surface area (Å²) in [5.74, 6) is -5.39. The Kier molecular flexibility index (Phi) is 8.74. The molecular formula is C29H35F4N3O2. The maximum absolute atomic E-state index is 15.0. The smallest absolute Gasteiger partial charge is 0.270 e. The summed E-state index contributed by atoms with van der Waals surface area (Å²) >= 11 is 0. The van der Waals surface area contributed by atoms with E-state index in [-0.39, 0.29) is 42.6 Å². The van der Waals surface area contributed by atoms with Crippen molar-refractivity contribution < 1.29 is 28.5 Å². The number of nitrogens with zero attached hydrogens (tertiary/aromatic N) is 2. The number of rotatable bonds is 7. The molecule has 5 nitrogen and oxygen atoms in total. The molecule has 0 bridgehead atoms. The number of benzene rings is 2. The van der Waals surface area contributed by atoms with Crippen molar-refractivity contribution in [3.63, 3.8) is 0 Å². The molecule has 2 aliphatic rings. The van der Waals surface area contributed by atoms with Crippen molar-refractivity contribution in [3.05, 3.63) is 59.2 Å². The number of hydrogen-bond acceptors (Lipinski definition) is 4. The SMILES string of the molecule is CC(C)N1CCC(O[C@H]2CCCC(F)(F)[C@@H]2NC(=O)Cc2cccc(-c3cc(F)cc(F)c3)c2C#N)CC1.[HH]. The zero-order valence-electron chi connectivity index (χ0n) is 21.7. The molecule has 9 heteroatoms. The van der Waals surface area contributed by atoms with Crippen LogP contribution in [-0.4, -0.2) is 54.1 Å². The number of halogens is 4. The number of ether oxygens (including phenoxy) is 1. The quantitative estimate of drug-likeness (QED) is 0.453. The van der Waals surface area contributed by atoms with Gasteiger partial charge in [0.1, 0.15) is 23.7 Å². The molecule has 1 amide bonds. The van der Waals surface area contributed by atoms with Crippen LogP contribution >= 0.6 is 0 Å². The third kappa shape index (κ3) is 6.54. The molecule has 2 aromatic carbocycles. The first-order valence-electron chi connectivity index (χ1n) is 13.1. The van der Waals surface area contributed by atoms with Gasteiger partial charge in [-0.05, 0) is 68.4 Å². The van der Waals surface area contributed by atoms with E-state index >= 15 is 8.78 Å². The summed E-state index contributed by atoms with van der Waals surface area (Å²) in [6.45, 7) is 5.92. The van der Waals surface area contributed by atoms with Crippen LogP contribution in [0.3, 0.4) is 0 Å². The Morgan fingerprint density at radius 1 is 1.18 bits per heavy atom. The summed E-state index contributed by atoms with van der Waals surface area (Å²) in [5.41, 5.74) is 0.753. The fourth-order valence-corrected chi connectivity index (χ4v) is 5.48. The van der Waals surface area contributed by atoms with Crippen LogP contribution < -0.4 is 5.32 Å². The molecule has 206 valence electrons. The number of hydrogen-bond donors (Lipinski definition) is 1. The lowest BCUT2D eigenvalue weighted by Gasteiger charge is -2.42. The maximum Gasteiger partial charge on any atom is 0.270 e. The van der Waals surface area contributed by atoms with Gasteiger partial charge in [0.05, 0.1) is 24.2 Å². The zero-order valence-corrected chi connectivity index (χ0v) is 21.7. The standard InChI is InChI=1S/C29H33F4N3O2.H2/c1-18(2)36-11-8-23(9-12-36)38-26-7-4-10-29(32,33)28(26)35-27(37)15-19-5-3-6-24(25(19)17-34)20-13-21(30)16-22(31)14-20;/h3,5-6,13-14,16,18,23,26,28H,4,7-12,15H2,1-2H3,(H,35,37);1H/t26-,28+;/m0./s1. The van der Waals surface area contributed by atoms with E-state index in [9.17, 15) is 18.8 Å². The zero-order chi connectivity index (χ0) is 27.4. The van der Waals surface area contributed by atoms with Crippen LogP contribution in [0.15, 0.2) is 36.4 Å². The predicted molar refractivity (Wildman–Crippen MR) is 138 cm³/mol. The Hall–Kier alpha value is -2.96. The van der Waals surface area contributed by atoms with Gasteiger partial charge in [-0.25, -0.2) is 17.6 Å². The van der Waals surface area contributed by atoms with Crippen LogP contribution in [0.2, 0.25) is 0 Å². The molecule has 1 heterocycles. The molecule has 1 aliphatic carbocycles. The van der Waals surface area contributed by atoms with Crippen molar-refractivity contribution in [3.8, 4) is 17.2 Å². The van der Waals surface area contributed by atoms with E-state index in [1.807, 2.05) is 6.07 Å². The number of carbonyl (C=O) groups is 1. The minimum atomic E-state index is -3.13. The molecule has 0 radical (unpaired) electrons. The first-order chi connectivity index (χ1) is 18.1. The average molecular weight is 534 g/mol. The van der Waals surface area contributed by atoms with E-state index < -0.39 is 35.6 Å². The van der Waals surface area contributed by atoms with Crippen LogP contribution in [0.4, 0.5) is 17.6 Å². The van der Waals surface area contributed by atoms with Crippen LogP contribution in [0.25, 0.3) is 11.1 Å². The molecule has 1 saturated heterocycles. The first kappa shape index (κ1) is 28.1. The second kappa shape index (κ2) is 11.8. The van der Waals surface area contributed by atoms with Gasteiger partial charge in [0.25, 0.3) is 5.92 Å². The van der Waals surface area contributed by atoms with Gasteiger partial charge in [0.15, 0.2) is 0 Å². The lowest BCUT2D eigenvalue weighted by molar-refractivity contribution is -0.157. The molecule has 1 N–H and O–H groups in total. The van der Waals surface area contributed by atoms with Gasteiger partial charge in [-0.2, -0.15) is 5.26 Å². The Balaban J connectivity index is 0.00000420. The van der Waals surface area contributed by atoms with E-state index in [2.05, 4.69) is 24.1 Å². The van der Waals surface area contributed by atoms with Gasteiger partial charge in [0, 0.05) is 33.0 Å². The lowest BCUT2D eigenvalue weighted by atomic mass is 9.88. The molecule has 1 saturated carbocycles. The molecule has 38 heavy (non-hydrogen) atoms. The summed E-state index contributed by atoms with van der Waals surface area (Å²) < 4.78 is 63.8. The number of nitrogens with one attached hydrogen (secondary N) is 1. The number of nitriles is 1. The third-order valence-electron chi connectivity index (χ3n) is 7.50. The predicted octanol–water partition coefficient (Wildman–Crippen LogP) is 5.85. The number of piperidine rings is 1. The van der Waals surface area contributed by atoms with Gasteiger partial charge in [-0.1, -0.05) is 18.2 Å². The molecule has 2 aromatic rings. The van der Waals surface area contributed by atoms with Crippen molar-refractivity contribution in [1.29, 1.82) is 5.26 Å². The number of likely N-dealkylation sites (tertiary alicyclic amines) is 1. The molecule has 0 spiro atoms. The molecule has 0 unspecified atom stereocenters. The molecule has 4 rings (SSSR count). The highest BCUT2D eigenvalue weighted by molar-refractivity contribution is 5.82. The Bertz CT molecular complexity index is 1180. The molecule has 2 atom stereocenters. The van der Waals surface area contributed by atoms with Crippen molar-refractivity contribution in [2.24, 2.45) is 0 Å². The van der Waals surface area contributed by atoms with Crippen LogP contribution in [0, 0.1) is 23.0 Å². The van der Waals surface area contributed by atoms with Gasteiger partial charge < -0.3 is 15.0 Å². The average Bonchev–Trinajstić information content (AvgIpc) is 2.85. The summed E-state index contributed by atoms with van der Waals surface area (Å²) in [7, 11) is 0. The van der Waals surface area contributed by atoms with Crippen molar-refractivity contribution in [1.82, 2.24) is 10.2 Å². The second-order valence-corrected chi connectivity index (χ2v) is 10.5. The van der Waals surface area contributed by atoms with Crippen molar-refractivity contribution >= 4 is 5.91 Å². The lowest BCUT2D eigenvalue weighted by Crippen LogP contribution is -2.58. The van der Waals surface area contributed by atoms with Crippen LogP contribution in [0.1, 0.15) is 58.5 Å². The molecule has 2 fully saturated rings. The van der Waals surface area contributed by atoms with E-state index in [1.165, 1.54) is 12.1 Å². The highest BCUT2D eigenvalue weighted by Crippen LogP contribution is 2.37. The topological polar surface area (TPSA) is 65.4 Å². The maximum atomic E-state index is 15.0. The van der Waals surface area contributed by atoms with Crippen LogP contribution in [0.5, 0.6) is 0 Å². The first-order valence-corrected chi connectivity index (χ1v) is 13.1. The van der Waals surface area contributed by atoms with Gasteiger partial charge >= 0.3 is 0 Å². The fourth-order valence-electron chi connectivity index (χ4n) is 5.48. The van der Waals surface area contributed by atoms with E-state index in [0.717, 1.165) is 44.1 Å². The van der Waals surface area contributed by atoms with Gasteiger partial charge in [0.2, 0.25) is 5.91 Å². The van der Waals surface area contributed by atoms with Gasteiger partial charge in [-0.15, -0.1) is 0 Å². The highest BCUT2D eigenvalue weighted by atomic mass is 19.3. The summed E-state index contributed by atoms with van der Waals surface area (Å²) in [5, 5.41) is 12.3. The monoisotopic (exact) mass is 533 g/mol. The largest absolute Gasteiger partial charge is 0.373 e. The van der Waals surface area contributed by atoms with Gasteiger partial charge in [-0.3, -0.25) is 4.79 Å². The number of carbonyl (C=O) groups excluding carboxylic acids is 1. The summed E-state index contributed by atoms with van der Waals surface area (Å²) in [6.07, 6.45) is 0.607. The number of amides is 1. The molecule has 0 aromatic heterocycles. The van der Waals surface area contributed by atoms with Crippen molar-refractivity contribution in [2.75, 3.05) is 13.1 Å². The Labute approximate surface area is 222 Å². The third-order valence-corrected chi connectivity index (χ3v) is 7.50. The van der Waals surface area contributed by atoms with E-state index in [1.54, 1.807) is 6.07 Å². The molecular weight excluding hydrogens is 498 g/mol. The van der Waals surface area contributed by atoms with Crippen LogP contribution in [-0.2, 0) is 16.0 Å². The van der Waals surface area contributed by atoms with Crippen molar-refractivity contribution in [2.45, 2.75) is 82.6 Å². The second-order valence-electron chi connectivity index (χ2n) is 10.5. The number of alkyl halides is 2. The minimum absolute atomic E-state index is 0. The van der Waals surface area contributed by atoms with E-state index in [0.29, 0.717) is 18.9 Å². The Morgan fingerprint density at radius 3 is 2.50 bits per heavy atom. The fraction of sp³-hybridized carbons (Fsp3) is 0.517. The normalized spacial score (nSPS) is 22.3. The summed E-state index contributed by atoms with van der Waals surface area (Å²) in [6, 6.07) is 8.48. The van der Waals surface area contributed by atoms with E-state index in [4.69, 9.17) is 4.74 Å². The molecule has 1 aliphatic heterocycles.